The topological polar surface area (TPSA) is 14.2 Å². The van der Waals surface area contributed by atoms with E-state index >= 15 is 0 Å². The third kappa shape index (κ3) is 4.33. The molecular weight excluding hydrogens is 394 g/mol. The fourth-order valence-electron chi connectivity index (χ4n) is 3.76. The van der Waals surface area contributed by atoms with Gasteiger partial charge in [0.1, 0.15) is 5.75 Å². The molecule has 0 saturated carbocycles. The maximum Gasteiger partial charge on any atom is 0.250 e. The first kappa shape index (κ1) is 21.4. The lowest BCUT2D eigenvalue weighted by molar-refractivity contribution is 0.496. The van der Waals surface area contributed by atoms with Crippen molar-refractivity contribution in [2.45, 2.75) is 52.4 Å². The molecular formula is C28H33NOSi. The van der Waals surface area contributed by atoms with Crippen molar-refractivity contribution in [3.8, 4) is 17.0 Å². The van der Waals surface area contributed by atoms with Gasteiger partial charge in [-0.2, -0.15) is 0 Å². The highest BCUT2D eigenvalue weighted by Crippen LogP contribution is 2.41. The van der Waals surface area contributed by atoms with Crippen LogP contribution in [0, 0.1) is 6.92 Å². The van der Waals surface area contributed by atoms with Gasteiger partial charge in [-0.15, -0.1) is 0 Å². The molecule has 0 unspecified atom stereocenters. The summed E-state index contributed by atoms with van der Waals surface area (Å²) in [5, 5.41) is 1.35. The number of hydrogen-bond acceptors (Lipinski definition) is 1. The molecule has 0 amide bonds. The van der Waals surface area contributed by atoms with Crippen molar-refractivity contribution < 1.29 is 4.43 Å². The molecule has 0 spiro atoms. The Morgan fingerprint density at radius 2 is 1.45 bits per heavy atom. The Bertz CT molecular complexity index is 1180. The predicted octanol–water partition coefficient (Wildman–Crippen LogP) is 8.05. The molecule has 0 aliphatic carbocycles. The molecule has 1 heterocycles. The Balaban J connectivity index is 1.93. The van der Waals surface area contributed by atoms with Crippen LogP contribution in [0.25, 0.3) is 22.2 Å². The van der Waals surface area contributed by atoms with Gasteiger partial charge in [0.2, 0.25) is 0 Å². The predicted molar refractivity (Wildman–Crippen MR) is 135 cm³/mol. The molecule has 4 rings (SSSR count). The second-order valence-electron chi connectivity index (χ2n) is 10.0. The van der Waals surface area contributed by atoms with Gasteiger partial charge in [-0.1, -0.05) is 81.4 Å². The maximum absolute atomic E-state index is 6.84. The van der Waals surface area contributed by atoms with E-state index in [1.165, 1.54) is 33.3 Å². The SMILES string of the molecule is Cc1cc(O[Si](C)(C)C(C)(C)C)c2cc(-c3ccccc3)n(Cc3ccccc3)c2c1. The standard InChI is InChI=1S/C28H33NOSi/c1-21-17-26-24(27(18-21)30-31(5,6)28(2,3)4)19-25(23-15-11-8-12-16-23)29(26)20-22-13-9-7-10-14-22/h7-19H,20H2,1-6H3. The van der Waals surface area contributed by atoms with Gasteiger partial charge in [0.05, 0.1) is 5.52 Å². The van der Waals surface area contributed by atoms with Crippen LogP contribution >= 0.6 is 0 Å². The Morgan fingerprint density at radius 1 is 0.839 bits per heavy atom. The number of hydrogen-bond donors (Lipinski definition) is 0. The quantitative estimate of drug-likeness (QED) is 0.294. The summed E-state index contributed by atoms with van der Waals surface area (Å²) in [5.41, 5.74) is 6.21. The fourth-order valence-corrected chi connectivity index (χ4v) is 4.78. The van der Waals surface area contributed by atoms with E-state index < -0.39 is 8.32 Å². The Hall–Kier alpha value is -2.78. The molecule has 3 heteroatoms. The molecule has 0 aliphatic rings. The zero-order chi connectivity index (χ0) is 22.2. The number of fused-ring (bicyclic) bond motifs is 1. The number of nitrogens with zero attached hydrogens (tertiary/aromatic N) is 1. The van der Waals surface area contributed by atoms with Gasteiger partial charge in [0, 0.05) is 17.6 Å². The number of benzene rings is 3. The summed E-state index contributed by atoms with van der Waals surface area (Å²) in [6, 6.07) is 28.2. The Kier molecular flexibility index (Phi) is 5.57. The summed E-state index contributed by atoms with van der Waals surface area (Å²) in [7, 11) is -1.96. The molecule has 0 aliphatic heterocycles. The average molecular weight is 428 g/mol. The van der Waals surface area contributed by atoms with Crippen molar-refractivity contribution in [1.82, 2.24) is 4.57 Å². The first-order valence-corrected chi connectivity index (χ1v) is 14.0. The zero-order valence-corrected chi connectivity index (χ0v) is 20.6. The normalized spacial score (nSPS) is 12.3. The molecule has 0 saturated heterocycles. The lowest BCUT2D eigenvalue weighted by Gasteiger charge is -2.36. The highest BCUT2D eigenvalue weighted by atomic mass is 28.4. The van der Waals surface area contributed by atoms with Crippen molar-refractivity contribution >= 4 is 19.2 Å². The van der Waals surface area contributed by atoms with Crippen molar-refractivity contribution in [3.63, 3.8) is 0 Å². The van der Waals surface area contributed by atoms with Gasteiger partial charge in [-0.3, -0.25) is 0 Å². The van der Waals surface area contributed by atoms with Crippen LogP contribution in [0.4, 0.5) is 0 Å². The van der Waals surface area contributed by atoms with Crippen molar-refractivity contribution in [2.75, 3.05) is 0 Å². The van der Waals surface area contributed by atoms with Crippen LogP contribution in [-0.2, 0) is 6.54 Å². The molecule has 0 fully saturated rings. The summed E-state index contributed by atoms with van der Waals surface area (Å²) < 4.78 is 9.28. The summed E-state index contributed by atoms with van der Waals surface area (Å²) in [5.74, 6) is 1.02. The monoisotopic (exact) mass is 427 g/mol. The first-order chi connectivity index (χ1) is 14.7. The minimum atomic E-state index is -1.96. The molecule has 0 atom stereocenters. The minimum absolute atomic E-state index is 0.151. The smallest absolute Gasteiger partial charge is 0.250 e. The number of aromatic nitrogens is 1. The van der Waals surface area contributed by atoms with Crippen molar-refractivity contribution in [3.05, 3.63) is 90.0 Å². The van der Waals surface area contributed by atoms with E-state index in [0.717, 1.165) is 12.3 Å². The van der Waals surface area contributed by atoms with Crippen LogP contribution in [0.5, 0.6) is 5.75 Å². The molecule has 0 bridgehead atoms. The number of rotatable bonds is 5. The third-order valence-electron chi connectivity index (χ3n) is 6.55. The molecule has 0 N–H and O–H groups in total. The van der Waals surface area contributed by atoms with Crippen LogP contribution in [0.3, 0.4) is 0 Å². The number of aryl methyl sites for hydroxylation is 1. The maximum atomic E-state index is 6.84. The fraction of sp³-hybridized carbons (Fsp3) is 0.286. The van der Waals surface area contributed by atoms with Crippen LogP contribution in [0.2, 0.25) is 18.1 Å². The molecule has 4 aromatic rings. The van der Waals surface area contributed by atoms with Crippen molar-refractivity contribution in [2.24, 2.45) is 0 Å². The van der Waals surface area contributed by atoms with Crippen molar-refractivity contribution in [1.29, 1.82) is 0 Å². The summed E-state index contributed by atoms with van der Waals surface area (Å²) >= 11 is 0. The Morgan fingerprint density at radius 3 is 2.06 bits per heavy atom. The lowest BCUT2D eigenvalue weighted by atomic mass is 10.1. The summed E-state index contributed by atoms with van der Waals surface area (Å²) in [6.07, 6.45) is 0. The highest BCUT2D eigenvalue weighted by Gasteiger charge is 2.39. The average Bonchev–Trinajstić information content (AvgIpc) is 3.07. The Labute approximate surface area is 187 Å². The summed E-state index contributed by atoms with van der Waals surface area (Å²) in [4.78, 5) is 0. The lowest BCUT2D eigenvalue weighted by Crippen LogP contribution is -2.43. The van der Waals surface area contributed by atoms with E-state index in [4.69, 9.17) is 4.43 Å². The highest BCUT2D eigenvalue weighted by molar-refractivity contribution is 6.74. The van der Waals surface area contributed by atoms with E-state index in [-0.39, 0.29) is 5.04 Å². The second kappa shape index (κ2) is 8.05. The molecule has 3 aromatic carbocycles. The molecule has 0 radical (unpaired) electrons. The van der Waals surface area contributed by atoms with Crippen LogP contribution in [0.15, 0.2) is 78.9 Å². The molecule has 1 aromatic heterocycles. The van der Waals surface area contributed by atoms with E-state index in [2.05, 4.69) is 124 Å². The summed E-state index contributed by atoms with van der Waals surface area (Å²) in [6.45, 7) is 14.5. The van der Waals surface area contributed by atoms with Gasteiger partial charge in [0.15, 0.2) is 0 Å². The molecule has 160 valence electrons. The van der Waals surface area contributed by atoms with Crippen LogP contribution < -0.4 is 4.43 Å². The zero-order valence-electron chi connectivity index (χ0n) is 19.6. The van der Waals surface area contributed by atoms with Gasteiger partial charge >= 0.3 is 0 Å². The largest absolute Gasteiger partial charge is 0.543 e. The van der Waals surface area contributed by atoms with E-state index in [1.807, 2.05) is 0 Å². The van der Waals surface area contributed by atoms with Gasteiger partial charge in [-0.05, 0) is 59.9 Å². The third-order valence-corrected chi connectivity index (χ3v) is 10.9. The first-order valence-electron chi connectivity index (χ1n) is 11.1. The second-order valence-corrected chi connectivity index (χ2v) is 14.8. The van der Waals surface area contributed by atoms with Gasteiger partial charge in [0.25, 0.3) is 8.32 Å². The minimum Gasteiger partial charge on any atom is -0.543 e. The van der Waals surface area contributed by atoms with E-state index in [1.54, 1.807) is 0 Å². The molecule has 2 nitrogen and oxygen atoms in total. The van der Waals surface area contributed by atoms with E-state index in [0.29, 0.717) is 0 Å². The van der Waals surface area contributed by atoms with Gasteiger partial charge < -0.3 is 8.99 Å². The van der Waals surface area contributed by atoms with Gasteiger partial charge in [-0.25, -0.2) is 0 Å². The van der Waals surface area contributed by atoms with E-state index in [9.17, 15) is 0 Å². The van der Waals surface area contributed by atoms with Crippen LogP contribution in [-0.4, -0.2) is 12.9 Å². The molecule has 31 heavy (non-hydrogen) atoms. The van der Waals surface area contributed by atoms with Crippen LogP contribution in [0.1, 0.15) is 31.9 Å².